The van der Waals surface area contributed by atoms with E-state index in [1.807, 2.05) is 0 Å². The van der Waals surface area contributed by atoms with Crippen molar-refractivity contribution in [1.82, 2.24) is 0 Å². The zero-order chi connectivity index (χ0) is 11.5. The first-order valence-corrected chi connectivity index (χ1v) is 3.91. The Bertz CT molecular complexity index is 401. The van der Waals surface area contributed by atoms with Crippen molar-refractivity contribution in [3.8, 4) is 11.8 Å². The number of nitrogen functional groups attached to an aromatic ring is 1. The third kappa shape index (κ3) is 2.77. The van der Waals surface area contributed by atoms with E-state index in [0.717, 1.165) is 6.07 Å². The maximum absolute atomic E-state index is 12.5. The van der Waals surface area contributed by atoms with E-state index in [2.05, 4.69) is 4.74 Å². The SMILES string of the molecule is N#Cc1ccc(N)c(OC(F)(F)CF)c1. The number of nitriles is 1. The van der Waals surface area contributed by atoms with Gasteiger partial charge in [-0.05, 0) is 12.1 Å². The summed E-state index contributed by atoms with van der Waals surface area (Å²) in [4.78, 5) is 0. The van der Waals surface area contributed by atoms with Crippen molar-refractivity contribution < 1.29 is 17.9 Å². The summed E-state index contributed by atoms with van der Waals surface area (Å²) in [5, 5.41) is 8.50. The smallest absolute Gasteiger partial charge is 0.427 e. The number of benzene rings is 1. The molecular formula is C9H7F3N2O. The molecule has 6 heteroatoms. The molecule has 0 saturated heterocycles. The number of halogens is 3. The molecule has 0 unspecified atom stereocenters. The number of rotatable bonds is 3. The lowest BCUT2D eigenvalue weighted by Crippen LogP contribution is -2.27. The van der Waals surface area contributed by atoms with Gasteiger partial charge in [-0.25, -0.2) is 4.39 Å². The lowest BCUT2D eigenvalue weighted by atomic mass is 10.2. The Hall–Kier alpha value is -1.90. The van der Waals surface area contributed by atoms with Gasteiger partial charge < -0.3 is 10.5 Å². The normalized spacial score (nSPS) is 10.8. The van der Waals surface area contributed by atoms with Gasteiger partial charge in [0.05, 0.1) is 17.3 Å². The molecule has 0 heterocycles. The van der Waals surface area contributed by atoms with E-state index >= 15 is 0 Å². The lowest BCUT2D eigenvalue weighted by molar-refractivity contribution is -0.186. The van der Waals surface area contributed by atoms with E-state index in [0.29, 0.717) is 0 Å². The molecule has 1 aromatic rings. The number of hydrogen-bond donors (Lipinski definition) is 1. The molecule has 0 spiro atoms. The predicted octanol–water partition coefficient (Wildman–Crippen LogP) is 2.08. The summed E-state index contributed by atoms with van der Waals surface area (Å²) < 4.78 is 40.9. The van der Waals surface area contributed by atoms with Crippen LogP contribution < -0.4 is 10.5 Å². The van der Waals surface area contributed by atoms with Crippen LogP contribution >= 0.6 is 0 Å². The molecule has 0 aliphatic carbocycles. The fourth-order valence-electron chi connectivity index (χ4n) is 0.880. The molecule has 0 radical (unpaired) electrons. The number of hydrogen-bond acceptors (Lipinski definition) is 3. The zero-order valence-corrected chi connectivity index (χ0v) is 7.51. The second-order valence-corrected chi connectivity index (χ2v) is 2.74. The molecule has 0 amide bonds. The van der Waals surface area contributed by atoms with E-state index in [1.54, 1.807) is 6.07 Å². The Kier molecular flexibility index (Phi) is 3.04. The van der Waals surface area contributed by atoms with E-state index in [9.17, 15) is 13.2 Å². The van der Waals surface area contributed by atoms with Gasteiger partial charge in [0.2, 0.25) is 0 Å². The van der Waals surface area contributed by atoms with Crippen molar-refractivity contribution in [3.63, 3.8) is 0 Å². The van der Waals surface area contributed by atoms with Crippen LogP contribution in [0.25, 0.3) is 0 Å². The highest BCUT2D eigenvalue weighted by atomic mass is 19.3. The maximum Gasteiger partial charge on any atom is 0.427 e. The van der Waals surface area contributed by atoms with Crippen LogP contribution in [0.4, 0.5) is 18.9 Å². The Balaban J connectivity index is 2.99. The minimum atomic E-state index is -3.93. The molecule has 1 rings (SSSR count). The molecule has 3 nitrogen and oxygen atoms in total. The predicted molar refractivity (Wildman–Crippen MR) is 47.1 cm³/mol. The van der Waals surface area contributed by atoms with Crippen LogP contribution in [0.1, 0.15) is 5.56 Å². The largest absolute Gasteiger partial charge is 0.428 e. The van der Waals surface area contributed by atoms with E-state index < -0.39 is 18.5 Å². The van der Waals surface area contributed by atoms with Crippen LogP contribution in [0.15, 0.2) is 18.2 Å². The standard InChI is InChI=1S/C9H7F3N2O/c10-5-9(11,12)15-8-3-6(4-13)1-2-7(8)14/h1-3H,5,14H2. The van der Waals surface area contributed by atoms with Gasteiger partial charge in [-0.15, -0.1) is 0 Å². The number of anilines is 1. The molecule has 0 aliphatic heterocycles. The summed E-state index contributed by atoms with van der Waals surface area (Å²) in [6, 6.07) is 5.33. The average Bonchev–Trinajstić information content (AvgIpc) is 2.21. The van der Waals surface area contributed by atoms with Crippen molar-refractivity contribution in [2.75, 3.05) is 12.4 Å². The Labute approximate surface area is 83.9 Å². The van der Waals surface area contributed by atoms with Crippen LogP contribution in [0.5, 0.6) is 5.75 Å². The van der Waals surface area contributed by atoms with Gasteiger partial charge in [-0.1, -0.05) is 0 Å². The highest BCUT2D eigenvalue weighted by Crippen LogP contribution is 2.28. The molecule has 15 heavy (non-hydrogen) atoms. The van der Waals surface area contributed by atoms with Crippen LogP contribution in [0, 0.1) is 11.3 Å². The van der Waals surface area contributed by atoms with Crippen LogP contribution in [0.2, 0.25) is 0 Å². The van der Waals surface area contributed by atoms with Gasteiger partial charge >= 0.3 is 6.11 Å². The average molecular weight is 216 g/mol. The summed E-state index contributed by atoms with van der Waals surface area (Å²) in [6.07, 6.45) is -3.93. The van der Waals surface area contributed by atoms with Gasteiger partial charge in [-0.2, -0.15) is 14.0 Å². The molecule has 0 atom stereocenters. The molecule has 80 valence electrons. The maximum atomic E-state index is 12.5. The van der Waals surface area contributed by atoms with Crippen molar-refractivity contribution in [3.05, 3.63) is 23.8 Å². The van der Waals surface area contributed by atoms with Crippen molar-refractivity contribution in [2.45, 2.75) is 6.11 Å². The summed E-state index contributed by atoms with van der Waals surface area (Å²) in [5.74, 6) is -0.406. The Morgan fingerprint density at radius 3 is 2.67 bits per heavy atom. The molecule has 1 aromatic carbocycles. The first kappa shape index (κ1) is 11.2. The third-order valence-electron chi connectivity index (χ3n) is 1.56. The fourth-order valence-corrected chi connectivity index (χ4v) is 0.880. The first-order chi connectivity index (χ1) is 6.98. The molecule has 0 aromatic heterocycles. The summed E-state index contributed by atoms with van der Waals surface area (Å²) >= 11 is 0. The summed E-state index contributed by atoms with van der Waals surface area (Å²) in [5.41, 5.74) is 5.34. The van der Waals surface area contributed by atoms with Gasteiger partial charge in [0, 0.05) is 6.07 Å². The number of ether oxygens (including phenoxy) is 1. The molecule has 0 fully saturated rings. The van der Waals surface area contributed by atoms with E-state index in [-0.39, 0.29) is 11.3 Å². The van der Waals surface area contributed by atoms with E-state index in [1.165, 1.54) is 12.1 Å². The van der Waals surface area contributed by atoms with Gasteiger partial charge in [-0.3, -0.25) is 0 Å². The minimum Gasteiger partial charge on any atom is -0.428 e. The van der Waals surface area contributed by atoms with Crippen molar-refractivity contribution in [1.29, 1.82) is 5.26 Å². The molecule has 0 bridgehead atoms. The Morgan fingerprint density at radius 1 is 1.47 bits per heavy atom. The van der Waals surface area contributed by atoms with Crippen LogP contribution in [-0.2, 0) is 0 Å². The minimum absolute atomic E-state index is 0.0814. The Morgan fingerprint density at radius 2 is 2.13 bits per heavy atom. The molecule has 0 aliphatic rings. The summed E-state index contributed by atoms with van der Waals surface area (Å²) in [6.45, 7) is -1.96. The van der Waals surface area contributed by atoms with Crippen molar-refractivity contribution >= 4 is 5.69 Å². The summed E-state index contributed by atoms with van der Waals surface area (Å²) in [7, 11) is 0. The van der Waals surface area contributed by atoms with Crippen LogP contribution in [-0.4, -0.2) is 12.8 Å². The number of nitrogens with zero attached hydrogens (tertiary/aromatic N) is 1. The second kappa shape index (κ2) is 4.09. The zero-order valence-electron chi connectivity index (χ0n) is 7.51. The topological polar surface area (TPSA) is 59.0 Å². The highest BCUT2D eigenvalue weighted by Gasteiger charge is 2.32. The molecule has 2 N–H and O–H groups in total. The van der Waals surface area contributed by atoms with Gasteiger partial charge in [0.25, 0.3) is 0 Å². The van der Waals surface area contributed by atoms with Crippen molar-refractivity contribution in [2.24, 2.45) is 0 Å². The number of alkyl halides is 3. The molecule has 0 saturated carbocycles. The fraction of sp³-hybridized carbons (Fsp3) is 0.222. The van der Waals surface area contributed by atoms with Crippen LogP contribution in [0.3, 0.4) is 0 Å². The van der Waals surface area contributed by atoms with E-state index in [4.69, 9.17) is 11.0 Å². The second-order valence-electron chi connectivity index (χ2n) is 2.74. The molecular weight excluding hydrogens is 209 g/mol. The lowest BCUT2D eigenvalue weighted by Gasteiger charge is -2.15. The quantitative estimate of drug-likeness (QED) is 0.787. The third-order valence-corrected chi connectivity index (χ3v) is 1.56. The first-order valence-electron chi connectivity index (χ1n) is 3.91. The monoisotopic (exact) mass is 216 g/mol. The van der Waals surface area contributed by atoms with Gasteiger partial charge in [0.1, 0.15) is 0 Å². The number of nitrogens with two attached hydrogens (primary N) is 1. The van der Waals surface area contributed by atoms with Gasteiger partial charge in [0.15, 0.2) is 12.4 Å². The highest BCUT2D eigenvalue weighted by molar-refractivity contribution is 5.56.